The maximum absolute atomic E-state index is 12.4. The molecular weight excluding hydrogens is 400 g/mol. The molecule has 0 saturated heterocycles. The zero-order valence-corrected chi connectivity index (χ0v) is 17.1. The Morgan fingerprint density at radius 2 is 1.71 bits per heavy atom. The monoisotopic (exact) mass is 420 g/mol. The first-order valence-corrected chi connectivity index (χ1v) is 9.96. The van der Waals surface area contributed by atoms with Crippen molar-refractivity contribution in [3.8, 4) is 0 Å². The molecule has 0 aromatic heterocycles. The fourth-order valence-electron chi connectivity index (χ4n) is 2.23. The van der Waals surface area contributed by atoms with Gasteiger partial charge in [-0.2, -0.15) is 0 Å². The smallest absolute Gasteiger partial charge is 0.339 e. The summed E-state index contributed by atoms with van der Waals surface area (Å²) in [4.78, 5) is 36.8. The second-order valence-corrected chi connectivity index (χ2v) is 7.54. The lowest BCUT2D eigenvalue weighted by molar-refractivity contribution is -0.119. The molecular formula is C20H21ClN2O4S. The van der Waals surface area contributed by atoms with Gasteiger partial charge in [0.1, 0.15) is 0 Å². The molecule has 2 aromatic rings. The summed E-state index contributed by atoms with van der Waals surface area (Å²) in [5.74, 6) is -1.08. The van der Waals surface area contributed by atoms with Gasteiger partial charge in [-0.15, -0.1) is 11.8 Å². The van der Waals surface area contributed by atoms with Crippen LogP contribution in [0.3, 0.4) is 0 Å². The van der Waals surface area contributed by atoms with Crippen molar-refractivity contribution in [3.05, 3.63) is 59.1 Å². The minimum Gasteiger partial charge on any atom is -0.452 e. The highest BCUT2D eigenvalue weighted by Gasteiger charge is 2.16. The molecule has 0 unspecified atom stereocenters. The molecule has 2 aromatic carbocycles. The number of hydrogen-bond acceptors (Lipinski definition) is 5. The van der Waals surface area contributed by atoms with E-state index in [1.807, 2.05) is 13.8 Å². The molecule has 6 nitrogen and oxygen atoms in total. The van der Waals surface area contributed by atoms with E-state index in [-0.39, 0.29) is 17.7 Å². The Balaban J connectivity index is 1.92. The van der Waals surface area contributed by atoms with Gasteiger partial charge in [0.15, 0.2) is 6.61 Å². The van der Waals surface area contributed by atoms with E-state index in [9.17, 15) is 14.4 Å². The number of para-hydroxylation sites is 1. The van der Waals surface area contributed by atoms with Crippen LogP contribution in [0.1, 0.15) is 24.2 Å². The summed E-state index contributed by atoms with van der Waals surface area (Å²) < 4.78 is 5.11. The van der Waals surface area contributed by atoms with Crippen LogP contribution in [0.15, 0.2) is 53.4 Å². The summed E-state index contributed by atoms with van der Waals surface area (Å²) in [5, 5.41) is 5.77. The van der Waals surface area contributed by atoms with Gasteiger partial charge in [-0.1, -0.05) is 35.9 Å². The molecule has 0 bridgehead atoms. The van der Waals surface area contributed by atoms with Crippen LogP contribution in [0.2, 0.25) is 5.02 Å². The lowest BCUT2D eigenvalue weighted by atomic mass is 10.2. The SMILES string of the molecule is CC(C)NC(=O)CSc1ccccc1C(=O)OCC(=O)Nc1ccccc1Cl. The van der Waals surface area contributed by atoms with Gasteiger partial charge in [0, 0.05) is 10.9 Å². The fraction of sp³-hybridized carbons (Fsp3) is 0.250. The molecule has 0 fully saturated rings. The molecule has 0 radical (unpaired) electrons. The van der Waals surface area contributed by atoms with E-state index in [0.29, 0.717) is 21.2 Å². The number of amides is 2. The van der Waals surface area contributed by atoms with Gasteiger partial charge >= 0.3 is 5.97 Å². The van der Waals surface area contributed by atoms with Crippen molar-refractivity contribution in [2.24, 2.45) is 0 Å². The number of carbonyl (C=O) groups is 3. The maximum Gasteiger partial charge on any atom is 0.339 e. The van der Waals surface area contributed by atoms with Crippen LogP contribution in [0.5, 0.6) is 0 Å². The van der Waals surface area contributed by atoms with Crippen molar-refractivity contribution in [1.29, 1.82) is 0 Å². The second-order valence-electron chi connectivity index (χ2n) is 6.11. The maximum atomic E-state index is 12.4. The largest absolute Gasteiger partial charge is 0.452 e. The summed E-state index contributed by atoms with van der Waals surface area (Å²) in [5.41, 5.74) is 0.743. The lowest BCUT2D eigenvalue weighted by Gasteiger charge is -2.11. The third-order valence-electron chi connectivity index (χ3n) is 3.40. The molecule has 8 heteroatoms. The number of halogens is 1. The Morgan fingerprint density at radius 1 is 1.04 bits per heavy atom. The minimum absolute atomic E-state index is 0.0462. The average Bonchev–Trinajstić information content (AvgIpc) is 2.66. The van der Waals surface area contributed by atoms with Crippen molar-refractivity contribution < 1.29 is 19.1 Å². The number of thioether (sulfide) groups is 1. The van der Waals surface area contributed by atoms with E-state index in [0.717, 1.165) is 0 Å². The van der Waals surface area contributed by atoms with Crippen LogP contribution in [-0.4, -0.2) is 36.2 Å². The summed E-state index contributed by atoms with van der Waals surface area (Å²) in [7, 11) is 0. The normalized spacial score (nSPS) is 10.4. The second kappa shape index (κ2) is 10.7. The first kappa shape index (κ1) is 21.8. The van der Waals surface area contributed by atoms with Crippen LogP contribution in [0.4, 0.5) is 5.69 Å². The van der Waals surface area contributed by atoms with Gasteiger partial charge in [0.2, 0.25) is 5.91 Å². The van der Waals surface area contributed by atoms with Crippen molar-refractivity contribution in [2.75, 3.05) is 17.7 Å². The highest BCUT2D eigenvalue weighted by Crippen LogP contribution is 2.23. The topological polar surface area (TPSA) is 84.5 Å². The molecule has 0 atom stereocenters. The van der Waals surface area contributed by atoms with E-state index in [1.54, 1.807) is 48.5 Å². The summed E-state index contributed by atoms with van der Waals surface area (Å²) >= 11 is 7.21. The minimum atomic E-state index is -0.637. The van der Waals surface area contributed by atoms with E-state index in [2.05, 4.69) is 10.6 Å². The Labute approximate surface area is 173 Å². The molecule has 2 N–H and O–H groups in total. The quantitative estimate of drug-likeness (QED) is 0.501. The van der Waals surface area contributed by atoms with Crippen molar-refractivity contribution >= 4 is 46.8 Å². The fourth-order valence-corrected chi connectivity index (χ4v) is 3.26. The molecule has 0 aliphatic heterocycles. The molecule has 2 amide bonds. The number of ether oxygens (including phenoxy) is 1. The van der Waals surface area contributed by atoms with Crippen LogP contribution >= 0.6 is 23.4 Å². The van der Waals surface area contributed by atoms with Gasteiger partial charge in [-0.05, 0) is 38.1 Å². The Morgan fingerprint density at radius 3 is 2.43 bits per heavy atom. The van der Waals surface area contributed by atoms with Gasteiger partial charge in [0.05, 0.1) is 22.0 Å². The average molecular weight is 421 g/mol. The third kappa shape index (κ3) is 6.90. The number of hydrogen-bond donors (Lipinski definition) is 2. The summed E-state index contributed by atoms with van der Waals surface area (Å²) in [6, 6.07) is 13.6. The van der Waals surface area contributed by atoms with Crippen LogP contribution in [0, 0.1) is 0 Å². The number of carbonyl (C=O) groups excluding carboxylic acids is 3. The predicted molar refractivity (Wildman–Crippen MR) is 111 cm³/mol. The van der Waals surface area contributed by atoms with E-state index in [4.69, 9.17) is 16.3 Å². The third-order valence-corrected chi connectivity index (χ3v) is 4.80. The van der Waals surface area contributed by atoms with Crippen molar-refractivity contribution in [1.82, 2.24) is 5.32 Å². The van der Waals surface area contributed by atoms with Gasteiger partial charge in [-0.3, -0.25) is 9.59 Å². The zero-order chi connectivity index (χ0) is 20.5. The van der Waals surface area contributed by atoms with E-state index < -0.39 is 18.5 Å². The standard InChI is InChI=1S/C20H21ClN2O4S/c1-13(2)22-19(25)12-28-17-10-6-3-7-14(17)20(26)27-11-18(24)23-16-9-5-4-8-15(16)21/h3-10,13H,11-12H2,1-2H3,(H,22,25)(H,23,24). The molecule has 0 spiro atoms. The Hall–Kier alpha value is -2.51. The number of esters is 1. The molecule has 28 heavy (non-hydrogen) atoms. The van der Waals surface area contributed by atoms with Crippen LogP contribution in [-0.2, 0) is 14.3 Å². The van der Waals surface area contributed by atoms with Gasteiger partial charge < -0.3 is 15.4 Å². The molecule has 0 saturated carbocycles. The van der Waals surface area contributed by atoms with E-state index >= 15 is 0 Å². The first-order valence-electron chi connectivity index (χ1n) is 8.59. The number of nitrogens with one attached hydrogen (secondary N) is 2. The molecule has 0 heterocycles. The van der Waals surface area contributed by atoms with Crippen LogP contribution < -0.4 is 10.6 Å². The molecule has 0 aliphatic rings. The lowest BCUT2D eigenvalue weighted by Crippen LogP contribution is -2.31. The summed E-state index contributed by atoms with van der Waals surface area (Å²) in [6.07, 6.45) is 0. The van der Waals surface area contributed by atoms with Crippen molar-refractivity contribution in [2.45, 2.75) is 24.8 Å². The number of rotatable bonds is 8. The highest BCUT2D eigenvalue weighted by atomic mass is 35.5. The van der Waals surface area contributed by atoms with Gasteiger partial charge in [-0.25, -0.2) is 4.79 Å². The zero-order valence-electron chi connectivity index (χ0n) is 15.5. The number of benzene rings is 2. The molecule has 148 valence electrons. The van der Waals surface area contributed by atoms with Gasteiger partial charge in [0.25, 0.3) is 5.91 Å². The molecule has 2 rings (SSSR count). The predicted octanol–water partition coefficient (Wildman–Crippen LogP) is 3.75. The number of anilines is 1. The van der Waals surface area contributed by atoms with Crippen molar-refractivity contribution in [3.63, 3.8) is 0 Å². The summed E-state index contributed by atoms with van der Waals surface area (Å²) in [6.45, 7) is 3.31. The highest BCUT2D eigenvalue weighted by molar-refractivity contribution is 8.00. The van der Waals surface area contributed by atoms with Crippen LogP contribution in [0.25, 0.3) is 0 Å². The molecule has 0 aliphatic carbocycles. The first-order chi connectivity index (χ1) is 13.4. The Kier molecular flexibility index (Phi) is 8.35. The Bertz CT molecular complexity index is 858. The van der Waals surface area contributed by atoms with E-state index in [1.165, 1.54) is 11.8 Å².